The third kappa shape index (κ3) is 11.2. The van der Waals surface area contributed by atoms with Gasteiger partial charge in [0, 0.05) is 24.6 Å². The van der Waals surface area contributed by atoms with Gasteiger partial charge >= 0.3 is 13.3 Å². The fourth-order valence-electron chi connectivity index (χ4n) is 4.26. The molecule has 0 radical (unpaired) electrons. The molecule has 1 aliphatic rings. The van der Waals surface area contributed by atoms with Crippen LogP contribution < -0.4 is 38.6 Å². The van der Waals surface area contributed by atoms with Crippen LogP contribution in [0.2, 0.25) is 0 Å². The molecule has 11 nitrogen and oxygen atoms in total. The number of amides is 3. The van der Waals surface area contributed by atoms with Gasteiger partial charge < -0.3 is 42.8 Å². The van der Waals surface area contributed by atoms with E-state index in [2.05, 4.69) is 16.0 Å². The molecule has 0 saturated heterocycles. The van der Waals surface area contributed by atoms with Crippen LogP contribution in [0.4, 0.5) is 18.9 Å². The molecule has 2 aromatic rings. The number of carbonyl (C=O) groups is 3. The zero-order valence-corrected chi connectivity index (χ0v) is 25.2. The first-order valence-electron chi connectivity index (χ1n) is 14.3. The zero-order chi connectivity index (χ0) is 33.1. The fourth-order valence-corrected chi connectivity index (χ4v) is 4.26. The molecule has 0 fully saturated rings. The highest BCUT2D eigenvalue weighted by Crippen LogP contribution is 2.31. The summed E-state index contributed by atoms with van der Waals surface area (Å²) in [6, 6.07) is 9.42. The van der Waals surface area contributed by atoms with Crippen molar-refractivity contribution >= 4 is 36.0 Å². The Hall–Kier alpha value is -3.50. The van der Waals surface area contributed by atoms with E-state index in [0.717, 1.165) is 29.7 Å². The van der Waals surface area contributed by atoms with Gasteiger partial charge in [0.05, 0.1) is 23.8 Å². The van der Waals surface area contributed by atoms with E-state index in [0.29, 0.717) is 30.8 Å². The number of nitrogens with two attached hydrogens (primary N) is 3. The Labute approximate surface area is 255 Å². The first-order valence-corrected chi connectivity index (χ1v) is 14.3. The average Bonchev–Trinajstić information content (AvgIpc) is 3.21. The summed E-state index contributed by atoms with van der Waals surface area (Å²) in [5, 5.41) is 17.9. The normalized spacial score (nSPS) is 14.3. The number of benzene rings is 2. The van der Waals surface area contributed by atoms with Crippen LogP contribution in [0.5, 0.6) is 0 Å². The molecule has 2 aromatic carbocycles. The molecule has 44 heavy (non-hydrogen) atoms. The first-order chi connectivity index (χ1) is 20.6. The van der Waals surface area contributed by atoms with Crippen LogP contribution in [0.25, 0.3) is 0 Å². The molecule has 3 rings (SSSR count). The Balaban J connectivity index is 0.000000469. The van der Waals surface area contributed by atoms with Crippen molar-refractivity contribution in [2.45, 2.75) is 57.9 Å². The molecule has 0 aromatic heterocycles. The summed E-state index contributed by atoms with van der Waals surface area (Å²) in [4.78, 5) is 36.1. The number of carbonyl (C=O) groups excluding carboxylic acids is 3. The summed E-state index contributed by atoms with van der Waals surface area (Å²) in [6.07, 6.45) is -3.25. The summed E-state index contributed by atoms with van der Waals surface area (Å²) in [6.45, 7) is 6.44. The maximum atomic E-state index is 12.2. The van der Waals surface area contributed by atoms with E-state index < -0.39 is 42.3 Å². The van der Waals surface area contributed by atoms with Crippen LogP contribution in [0.15, 0.2) is 42.5 Å². The van der Waals surface area contributed by atoms with E-state index in [4.69, 9.17) is 21.9 Å². The van der Waals surface area contributed by atoms with Gasteiger partial charge in [-0.15, -0.1) is 0 Å². The highest BCUT2D eigenvalue weighted by atomic mass is 19.4. The van der Waals surface area contributed by atoms with Crippen LogP contribution in [-0.4, -0.2) is 62.1 Å². The summed E-state index contributed by atoms with van der Waals surface area (Å²) < 4.78 is 41.6. The maximum Gasteiger partial charge on any atom is 0.492 e. The SMILES string of the molecule is CC1(C)OB(O)c2cc(NC(=O)CNC(=O)C(N)CCC(=O)NCC(CN)CN)ccc21.CCc1ccc(C(F)(F)F)cc1. The van der Waals surface area contributed by atoms with Gasteiger partial charge in [0.15, 0.2) is 0 Å². The molecule has 1 aliphatic heterocycles. The van der Waals surface area contributed by atoms with Crippen molar-refractivity contribution in [2.75, 3.05) is 31.5 Å². The average molecular weight is 622 g/mol. The van der Waals surface area contributed by atoms with Crippen molar-refractivity contribution in [3.8, 4) is 0 Å². The molecule has 10 N–H and O–H groups in total. The van der Waals surface area contributed by atoms with Crippen LogP contribution in [0, 0.1) is 5.92 Å². The quantitative estimate of drug-likeness (QED) is 0.168. The lowest BCUT2D eigenvalue weighted by molar-refractivity contribution is -0.137. The minimum Gasteiger partial charge on any atom is -0.423 e. The van der Waals surface area contributed by atoms with Crippen molar-refractivity contribution in [1.29, 1.82) is 0 Å². The number of fused-ring (bicyclic) bond motifs is 1. The molecule has 3 amide bonds. The standard InChI is InChI=1S/C20H33BN6O5.C9H9F3/c1-20(2)14-4-3-13(7-15(14)21(31)32-20)27-18(29)11-26-19(30)16(24)5-6-17(28)25-10-12(8-22)9-23;1-2-7-3-5-8(6-4-7)9(10,11)12/h3-4,7,12,16,31H,5-6,8-11,22-24H2,1-2H3,(H,25,28)(H,26,30)(H,27,29);3-6H,2H2,1H3. The highest BCUT2D eigenvalue weighted by Gasteiger charge is 2.40. The second-order valence-corrected chi connectivity index (χ2v) is 10.9. The number of aryl methyl sites for hydroxylation is 1. The van der Waals surface area contributed by atoms with Crippen LogP contribution in [0.1, 0.15) is 50.3 Å². The summed E-state index contributed by atoms with van der Waals surface area (Å²) >= 11 is 0. The molecule has 242 valence electrons. The number of halogens is 3. The number of hydrogen-bond acceptors (Lipinski definition) is 8. The number of nitrogens with one attached hydrogen (secondary N) is 3. The van der Waals surface area contributed by atoms with Gasteiger partial charge in [-0.1, -0.05) is 25.1 Å². The van der Waals surface area contributed by atoms with Crippen LogP contribution in [0.3, 0.4) is 0 Å². The molecular weight excluding hydrogens is 580 g/mol. The van der Waals surface area contributed by atoms with Gasteiger partial charge in [-0.2, -0.15) is 13.2 Å². The Morgan fingerprint density at radius 2 is 1.66 bits per heavy atom. The Kier molecular flexibility index (Phi) is 13.8. The van der Waals surface area contributed by atoms with Gasteiger partial charge in [-0.25, -0.2) is 0 Å². The molecule has 1 heterocycles. The Morgan fingerprint density at radius 1 is 1.02 bits per heavy atom. The van der Waals surface area contributed by atoms with Crippen LogP contribution in [-0.2, 0) is 37.2 Å². The lowest BCUT2D eigenvalue weighted by atomic mass is 9.78. The summed E-state index contributed by atoms with van der Waals surface area (Å²) in [5.41, 5.74) is 18.5. The second kappa shape index (κ2) is 16.5. The largest absolute Gasteiger partial charge is 0.492 e. The van der Waals surface area contributed by atoms with Crippen molar-refractivity contribution in [2.24, 2.45) is 23.1 Å². The minimum atomic E-state index is -4.22. The number of hydrogen-bond donors (Lipinski definition) is 7. The van der Waals surface area contributed by atoms with Crippen molar-refractivity contribution in [1.82, 2.24) is 10.6 Å². The van der Waals surface area contributed by atoms with Crippen molar-refractivity contribution in [3.63, 3.8) is 0 Å². The molecular formula is C29H42BF3N6O5. The molecule has 0 bridgehead atoms. The molecule has 1 unspecified atom stereocenters. The molecule has 0 aliphatic carbocycles. The van der Waals surface area contributed by atoms with Crippen LogP contribution >= 0.6 is 0 Å². The Bertz CT molecular complexity index is 1260. The third-order valence-corrected chi connectivity index (χ3v) is 7.04. The van der Waals surface area contributed by atoms with E-state index in [9.17, 15) is 32.6 Å². The number of alkyl halides is 3. The minimum absolute atomic E-state index is 0.00221. The van der Waals surface area contributed by atoms with Crippen molar-refractivity contribution in [3.05, 3.63) is 59.2 Å². The number of anilines is 1. The summed E-state index contributed by atoms with van der Waals surface area (Å²) in [7, 11) is -1.07. The van der Waals surface area contributed by atoms with Crippen molar-refractivity contribution < 1.29 is 37.2 Å². The maximum absolute atomic E-state index is 12.2. The van der Waals surface area contributed by atoms with E-state index >= 15 is 0 Å². The topological polar surface area (TPSA) is 195 Å². The predicted octanol–water partition coefficient (Wildman–Crippen LogP) is 0.719. The Morgan fingerprint density at radius 3 is 2.23 bits per heavy atom. The lowest BCUT2D eigenvalue weighted by Crippen LogP contribution is -2.44. The molecule has 15 heteroatoms. The zero-order valence-electron chi connectivity index (χ0n) is 25.2. The smallest absolute Gasteiger partial charge is 0.423 e. The van der Waals surface area contributed by atoms with Gasteiger partial charge in [0.2, 0.25) is 17.7 Å². The van der Waals surface area contributed by atoms with Gasteiger partial charge in [-0.3, -0.25) is 14.4 Å². The second-order valence-electron chi connectivity index (χ2n) is 10.9. The first kappa shape index (κ1) is 36.7. The predicted molar refractivity (Wildman–Crippen MR) is 162 cm³/mol. The molecule has 0 saturated carbocycles. The third-order valence-electron chi connectivity index (χ3n) is 7.04. The van der Waals surface area contributed by atoms with Gasteiger partial charge in [-0.05, 0) is 80.6 Å². The van der Waals surface area contributed by atoms with E-state index in [1.54, 1.807) is 18.2 Å². The monoisotopic (exact) mass is 622 g/mol. The highest BCUT2D eigenvalue weighted by molar-refractivity contribution is 6.62. The van der Waals surface area contributed by atoms with Gasteiger partial charge in [0.25, 0.3) is 0 Å². The van der Waals surface area contributed by atoms with E-state index in [1.807, 2.05) is 20.8 Å². The fraction of sp³-hybridized carbons (Fsp3) is 0.483. The van der Waals surface area contributed by atoms with E-state index in [1.165, 1.54) is 12.1 Å². The summed E-state index contributed by atoms with van der Waals surface area (Å²) in [5.74, 6) is -1.23. The lowest BCUT2D eigenvalue weighted by Gasteiger charge is -2.19. The van der Waals surface area contributed by atoms with E-state index in [-0.39, 0.29) is 31.2 Å². The van der Waals surface area contributed by atoms with Gasteiger partial charge in [0.1, 0.15) is 0 Å². The molecule has 0 spiro atoms. The number of rotatable bonds is 12. The molecule has 1 atom stereocenters.